The highest BCUT2D eigenvalue weighted by molar-refractivity contribution is 5.85. The van der Waals surface area contributed by atoms with Crippen molar-refractivity contribution in [2.24, 2.45) is 5.92 Å². The molecule has 0 bridgehead atoms. The molecule has 0 heterocycles. The molecule has 1 saturated carbocycles. The Balaban J connectivity index is 1.60. The van der Waals surface area contributed by atoms with Crippen molar-refractivity contribution in [3.05, 3.63) is 34.9 Å². The van der Waals surface area contributed by atoms with E-state index in [4.69, 9.17) is 0 Å². The van der Waals surface area contributed by atoms with Crippen LogP contribution in [-0.2, 0) is 16.0 Å². The number of carbonyl (C=O) groups is 2. The SMILES string of the molecule is Cc1ccc(CCCNC(=O)CNC(=O)C2CCCCC2)c(C)c1. The summed E-state index contributed by atoms with van der Waals surface area (Å²) in [7, 11) is 0. The van der Waals surface area contributed by atoms with Crippen molar-refractivity contribution in [3.8, 4) is 0 Å². The van der Waals surface area contributed by atoms with Crippen molar-refractivity contribution in [1.29, 1.82) is 0 Å². The molecule has 1 aliphatic rings. The largest absolute Gasteiger partial charge is 0.355 e. The van der Waals surface area contributed by atoms with Crippen LogP contribution in [0.2, 0.25) is 0 Å². The Bertz CT molecular complexity index is 563. The summed E-state index contributed by atoms with van der Waals surface area (Å²) in [5, 5.41) is 5.66. The lowest BCUT2D eigenvalue weighted by Crippen LogP contribution is -2.40. The van der Waals surface area contributed by atoms with Gasteiger partial charge >= 0.3 is 0 Å². The summed E-state index contributed by atoms with van der Waals surface area (Å²) < 4.78 is 0. The Morgan fingerprint density at radius 1 is 1.08 bits per heavy atom. The Morgan fingerprint density at radius 3 is 2.54 bits per heavy atom. The molecule has 1 aliphatic carbocycles. The third-order valence-electron chi connectivity index (χ3n) is 4.84. The molecule has 4 heteroatoms. The first-order chi connectivity index (χ1) is 11.6. The molecule has 0 saturated heterocycles. The van der Waals surface area contributed by atoms with Crippen LogP contribution in [0.3, 0.4) is 0 Å². The summed E-state index contributed by atoms with van der Waals surface area (Å²) in [5.74, 6) is 0.0518. The molecule has 132 valence electrons. The van der Waals surface area contributed by atoms with E-state index in [-0.39, 0.29) is 24.3 Å². The number of aryl methyl sites for hydroxylation is 3. The smallest absolute Gasteiger partial charge is 0.239 e. The molecule has 0 atom stereocenters. The van der Waals surface area contributed by atoms with Crippen LogP contribution in [0.1, 0.15) is 55.2 Å². The quantitative estimate of drug-likeness (QED) is 0.755. The fourth-order valence-corrected chi connectivity index (χ4v) is 3.37. The molecule has 0 radical (unpaired) electrons. The average Bonchev–Trinajstić information content (AvgIpc) is 2.59. The highest BCUT2D eigenvalue weighted by atomic mass is 16.2. The zero-order valence-electron chi connectivity index (χ0n) is 15.0. The minimum Gasteiger partial charge on any atom is -0.355 e. The molecular weight excluding hydrogens is 300 g/mol. The first-order valence-electron chi connectivity index (χ1n) is 9.17. The van der Waals surface area contributed by atoms with E-state index in [2.05, 4.69) is 42.7 Å². The molecular formula is C20H30N2O2. The number of hydrogen-bond acceptors (Lipinski definition) is 2. The summed E-state index contributed by atoms with van der Waals surface area (Å²) in [6, 6.07) is 6.48. The number of nitrogens with one attached hydrogen (secondary N) is 2. The van der Waals surface area contributed by atoms with E-state index >= 15 is 0 Å². The topological polar surface area (TPSA) is 58.2 Å². The van der Waals surface area contributed by atoms with Crippen LogP contribution in [0.15, 0.2) is 18.2 Å². The summed E-state index contributed by atoms with van der Waals surface area (Å²) in [4.78, 5) is 23.8. The average molecular weight is 330 g/mol. The fraction of sp³-hybridized carbons (Fsp3) is 0.600. The minimum absolute atomic E-state index is 0.0418. The van der Waals surface area contributed by atoms with Gasteiger partial charge in [-0.1, -0.05) is 43.0 Å². The van der Waals surface area contributed by atoms with Crippen LogP contribution < -0.4 is 10.6 Å². The number of hydrogen-bond donors (Lipinski definition) is 2. The summed E-state index contributed by atoms with van der Waals surface area (Å²) in [5.41, 5.74) is 3.92. The number of amides is 2. The molecule has 0 unspecified atom stereocenters. The predicted molar refractivity (Wildman–Crippen MR) is 96.8 cm³/mol. The lowest BCUT2D eigenvalue weighted by Gasteiger charge is -2.20. The Hall–Kier alpha value is -1.84. The second-order valence-corrected chi connectivity index (χ2v) is 6.94. The van der Waals surface area contributed by atoms with Gasteiger partial charge in [-0.3, -0.25) is 9.59 Å². The van der Waals surface area contributed by atoms with Crippen LogP contribution >= 0.6 is 0 Å². The molecule has 2 rings (SSSR count). The third-order valence-corrected chi connectivity index (χ3v) is 4.84. The van der Waals surface area contributed by atoms with Gasteiger partial charge in [0.25, 0.3) is 0 Å². The van der Waals surface area contributed by atoms with Crippen molar-refractivity contribution in [1.82, 2.24) is 10.6 Å². The molecule has 0 aliphatic heterocycles. The standard InChI is InChI=1S/C20H30N2O2/c1-15-10-11-17(16(2)13-15)9-6-12-21-19(23)14-22-20(24)18-7-4-3-5-8-18/h10-11,13,18H,3-9,12,14H2,1-2H3,(H,21,23)(H,22,24). The van der Waals surface area contributed by atoms with Gasteiger partial charge in [-0.05, 0) is 50.7 Å². The summed E-state index contributed by atoms with van der Waals surface area (Å²) >= 11 is 0. The number of carbonyl (C=O) groups excluding carboxylic acids is 2. The van der Waals surface area contributed by atoms with Crippen molar-refractivity contribution in [2.75, 3.05) is 13.1 Å². The lowest BCUT2D eigenvalue weighted by molar-refractivity contribution is -0.129. The van der Waals surface area contributed by atoms with Gasteiger partial charge in [0.15, 0.2) is 0 Å². The van der Waals surface area contributed by atoms with Gasteiger partial charge in [0.2, 0.25) is 11.8 Å². The second-order valence-electron chi connectivity index (χ2n) is 6.94. The zero-order chi connectivity index (χ0) is 17.4. The van der Waals surface area contributed by atoms with Crippen molar-refractivity contribution in [3.63, 3.8) is 0 Å². The summed E-state index contributed by atoms with van der Waals surface area (Å²) in [6.07, 6.45) is 7.27. The van der Waals surface area contributed by atoms with Gasteiger partial charge in [0.1, 0.15) is 0 Å². The van der Waals surface area contributed by atoms with Gasteiger partial charge in [0, 0.05) is 12.5 Å². The van der Waals surface area contributed by atoms with E-state index in [0.29, 0.717) is 6.54 Å². The van der Waals surface area contributed by atoms with Gasteiger partial charge in [0.05, 0.1) is 6.54 Å². The van der Waals surface area contributed by atoms with E-state index in [0.717, 1.165) is 38.5 Å². The fourth-order valence-electron chi connectivity index (χ4n) is 3.37. The molecule has 2 amide bonds. The molecule has 0 spiro atoms. The molecule has 4 nitrogen and oxygen atoms in total. The summed E-state index contributed by atoms with van der Waals surface area (Å²) in [6.45, 7) is 4.96. The van der Waals surface area contributed by atoms with Gasteiger partial charge < -0.3 is 10.6 Å². The second kappa shape index (κ2) is 9.45. The van der Waals surface area contributed by atoms with Crippen molar-refractivity contribution < 1.29 is 9.59 Å². The van der Waals surface area contributed by atoms with Crippen LogP contribution in [0.25, 0.3) is 0 Å². The highest BCUT2D eigenvalue weighted by Gasteiger charge is 2.21. The van der Waals surface area contributed by atoms with E-state index in [1.165, 1.54) is 23.1 Å². The highest BCUT2D eigenvalue weighted by Crippen LogP contribution is 2.23. The molecule has 2 N–H and O–H groups in total. The molecule has 1 aromatic carbocycles. The maximum Gasteiger partial charge on any atom is 0.239 e. The normalized spacial score (nSPS) is 15.1. The van der Waals surface area contributed by atoms with Crippen molar-refractivity contribution in [2.45, 2.75) is 58.8 Å². The molecule has 1 aromatic rings. The van der Waals surface area contributed by atoms with Gasteiger partial charge in [-0.25, -0.2) is 0 Å². The Labute approximate surface area is 145 Å². The minimum atomic E-state index is -0.0974. The monoisotopic (exact) mass is 330 g/mol. The maximum atomic E-state index is 12.0. The van der Waals surface area contributed by atoms with Crippen LogP contribution in [0, 0.1) is 19.8 Å². The van der Waals surface area contributed by atoms with E-state index < -0.39 is 0 Å². The van der Waals surface area contributed by atoms with Gasteiger partial charge in [-0.2, -0.15) is 0 Å². The number of benzene rings is 1. The van der Waals surface area contributed by atoms with E-state index in [1.54, 1.807) is 0 Å². The van der Waals surface area contributed by atoms with Crippen LogP contribution in [0.4, 0.5) is 0 Å². The molecule has 1 fully saturated rings. The molecule has 0 aromatic heterocycles. The van der Waals surface area contributed by atoms with E-state index in [1.807, 2.05) is 0 Å². The first-order valence-corrected chi connectivity index (χ1v) is 9.17. The first kappa shape index (κ1) is 18.5. The van der Waals surface area contributed by atoms with Crippen LogP contribution in [0.5, 0.6) is 0 Å². The number of rotatable bonds is 7. The lowest BCUT2D eigenvalue weighted by atomic mass is 9.89. The zero-order valence-corrected chi connectivity index (χ0v) is 15.0. The Morgan fingerprint density at radius 2 is 1.83 bits per heavy atom. The maximum absolute atomic E-state index is 12.0. The predicted octanol–water partition coefficient (Wildman–Crippen LogP) is 3.05. The molecule has 24 heavy (non-hydrogen) atoms. The third kappa shape index (κ3) is 5.99. The van der Waals surface area contributed by atoms with E-state index in [9.17, 15) is 9.59 Å². The van der Waals surface area contributed by atoms with Gasteiger partial charge in [-0.15, -0.1) is 0 Å². The van der Waals surface area contributed by atoms with Crippen LogP contribution in [-0.4, -0.2) is 24.9 Å². The van der Waals surface area contributed by atoms with Crippen molar-refractivity contribution >= 4 is 11.8 Å². The Kier molecular flexibility index (Phi) is 7.29.